The maximum atomic E-state index is 13.1. The zero-order valence-electron chi connectivity index (χ0n) is 13.2. The Morgan fingerprint density at radius 3 is 2.26 bits per heavy atom. The van der Waals surface area contributed by atoms with Crippen molar-refractivity contribution in [3.63, 3.8) is 0 Å². The molecule has 0 fully saturated rings. The van der Waals surface area contributed by atoms with E-state index >= 15 is 0 Å². The van der Waals surface area contributed by atoms with Crippen molar-refractivity contribution in [1.29, 1.82) is 0 Å². The summed E-state index contributed by atoms with van der Waals surface area (Å²) in [6.07, 6.45) is 1.79. The Kier molecular flexibility index (Phi) is 3.82. The smallest absolute Gasteiger partial charge is 0.312 e. The molecule has 0 radical (unpaired) electrons. The molecule has 116 valence electrons. The zero-order valence-corrected chi connectivity index (χ0v) is 13.2. The van der Waals surface area contributed by atoms with Gasteiger partial charge >= 0.3 is 5.97 Å². The van der Waals surface area contributed by atoms with Crippen molar-refractivity contribution in [2.75, 3.05) is 0 Å². The Hall–Kier alpha value is -2.75. The van der Waals surface area contributed by atoms with Crippen LogP contribution in [0.3, 0.4) is 0 Å². The lowest BCUT2D eigenvalue weighted by Gasteiger charge is -2.08. The lowest BCUT2D eigenvalue weighted by molar-refractivity contribution is -0.136. The monoisotopic (exact) mass is 309 g/mol. The topological polar surface area (TPSA) is 38.7 Å². The van der Waals surface area contributed by atoms with Gasteiger partial charge in [-0.05, 0) is 67.8 Å². The Bertz CT molecular complexity index is 825. The van der Waals surface area contributed by atoms with Gasteiger partial charge in [-0.15, -0.1) is 0 Å². The second kappa shape index (κ2) is 5.80. The number of benzene rings is 2. The molecule has 0 amide bonds. The molecule has 0 unspecified atom stereocenters. The summed E-state index contributed by atoms with van der Waals surface area (Å²) in [7, 11) is 0. The number of carbonyl (C=O) groups excluding carboxylic acids is 1. The number of rotatable bonds is 2. The summed E-state index contributed by atoms with van der Waals surface area (Å²) < 4.78 is 13.1. The van der Waals surface area contributed by atoms with E-state index in [1.54, 1.807) is 18.2 Å². The first-order valence-corrected chi connectivity index (χ1v) is 7.31. The van der Waals surface area contributed by atoms with E-state index in [0.29, 0.717) is 16.8 Å². The fraction of sp³-hybridized carbons (Fsp3) is 0.158. The third-order valence-corrected chi connectivity index (χ3v) is 3.84. The second-order valence-corrected chi connectivity index (χ2v) is 5.70. The molecule has 0 aromatic heterocycles. The molecule has 3 rings (SSSR count). The fourth-order valence-corrected chi connectivity index (χ4v) is 2.79. The molecular formula is C19H16FNO2. The van der Waals surface area contributed by atoms with Gasteiger partial charge in [0.1, 0.15) is 11.5 Å². The van der Waals surface area contributed by atoms with Crippen molar-refractivity contribution in [2.45, 2.75) is 20.8 Å². The molecule has 1 aliphatic heterocycles. The van der Waals surface area contributed by atoms with Gasteiger partial charge in [0.05, 0.1) is 5.57 Å². The van der Waals surface area contributed by atoms with Gasteiger partial charge in [-0.3, -0.25) is 0 Å². The van der Waals surface area contributed by atoms with Crippen molar-refractivity contribution in [3.8, 4) is 0 Å². The highest BCUT2D eigenvalue weighted by atomic mass is 19.1. The van der Waals surface area contributed by atoms with Gasteiger partial charge in [0.25, 0.3) is 0 Å². The number of aryl methyl sites for hydroxylation is 3. The molecular weight excluding hydrogens is 293 g/mol. The molecule has 4 heteroatoms. The number of oxime groups is 1. The zero-order chi connectivity index (χ0) is 16.6. The molecule has 0 saturated carbocycles. The maximum absolute atomic E-state index is 13.1. The van der Waals surface area contributed by atoms with Crippen LogP contribution in [0.4, 0.5) is 4.39 Å². The Balaban J connectivity index is 2.08. The standard InChI is InChI=1S/C19H16FNO2/c1-11-8-12(2)16(13(3)9-11)10-17-18(21-23-19(17)22)14-4-6-15(20)7-5-14/h4-10H,1-3H3. The Labute approximate surface area is 134 Å². The van der Waals surface area contributed by atoms with E-state index in [-0.39, 0.29) is 5.82 Å². The lowest BCUT2D eigenvalue weighted by atomic mass is 9.95. The highest BCUT2D eigenvalue weighted by Gasteiger charge is 2.27. The molecule has 0 bridgehead atoms. The third-order valence-electron chi connectivity index (χ3n) is 3.84. The number of halogens is 1. The summed E-state index contributed by atoms with van der Waals surface area (Å²) in [5.74, 6) is -0.834. The van der Waals surface area contributed by atoms with Crippen LogP contribution in [-0.4, -0.2) is 11.7 Å². The van der Waals surface area contributed by atoms with Crippen LogP contribution in [0.1, 0.15) is 27.8 Å². The van der Waals surface area contributed by atoms with Gasteiger partial charge in [0, 0.05) is 5.56 Å². The third kappa shape index (κ3) is 2.93. The quantitative estimate of drug-likeness (QED) is 0.619. The molecule has 0 aliphatic carbocycles. The molecule has 2 aromatic rings. The molecule has 0 N–H and O–H groups in total. The first kappa shape index (κ1) is 15.2. The van der Waals surface area contributed by atoms with Crippen LogP contribution < -0.4 is 0 Å². The average Bonchev–Trinajstić information content (AvgIpc) is 2.85. The molecule has 1 aliphatic rings. The summed E-state index contributed by atoms with van der Waals surface area (Å²) in [6.45, 7) is 6.04. The minimum Gasteiger partial charge on any atom is -0.312 e. The molecule has 0 saturated heterocycles. The number of hydrogen-bond donors (Lipinski definition) is 0. The molecule has 3 nitrogen and oxygen atoms in total. The van der Waals surface area contributed by atoms with Gasteiger partial charge in [-0.1, -0.05) is 22.9 Å². The molecule has 0 spiro atoms. The summed E-state index contributed by atoms with van der Waals surface area (Å²) in [4.78, 5) is 16.9. The number of nitrogens with zero attached hydrogens (tertiary/aromatic N) is 1. The van der Waals surface area contributed by atoms with E-state index < -0.39 is 5.97 Å². The van der Waals surface area contributed by atoms with E-state index in [1.807, 2.05) is 20.8 Å². The van der Waals surface area contributed by atoms with Crippen LogP contribution in [-0.2, 0) is 9.63 Å². The minimum absolute atomic E-state index is 0.338. The van der Waals surface area contributed by atoms with Crippen molar-refractivity contribution >= 4 is 17.8 Å². The molecule has 23 heavy (non-hydrogen) atoms. The van der Waals surface area contributed by atoms with E-state index in [9.17, 15) is 9.18 Å². The first-order chi connectivity index (χ1) is 11.0. The number of hydrogen-bond acceptors (Lipinski definition) is 3. The molecule has 1 heterocycles. The van der Waals surface area contributed by atoms with E-state index in [0.717, 1.165) is 16.7 Å². The van der Waals surface area contributed by atoms with Crippen LogP contribution in [0.25, 0.3) is 6.08 Å². The predicted molar refractivity (Wildman–Crippen MR) is 87.7 cm³/mol. The van der Waals surface area contributed by atoms with Gasteiger partial charge in [0.2, 0.25) is 0 Å². The van der Waals surface area contributed by atoms with Gasteiger partial charge in [0.15, 0.2) is 0 Å². The van der Waals surface area contributed by atoms with Gasteiger partial charge in [-0.2, -0.15) is 0 Å². The number of carbonyl (C=O) groups is 1. The first-order valence-electron chi connectivity index (χ1n) is 7.31. The second-order valence-electron chi connectivity index (χ2n) is 5.70. The van der Waals surface area contributed by atoms with Crippen molar-refractivity contribution < 1.29 is 14.0 Å². The van der Waals surface area contributed by atoms with E-state index in [4.69, 9.17) is 4.84 Å². The van der Waals surface area contributed by atoms with Crippen molar-refractivity contribution in [2.24, 2.45) is 5.16 Å². The highest BCUT2D eigenvalue weighted by Crippen LogP contribution is 2.25. The largest absolute Gasteiger partial charge is 0.368 e. The molecule has 2 aromatic carbocycles. The van der Waals surface area contributed by atoms with Crippen LogP contribution in [0, 0.1) is 26.6 Å². The van der Waals surface area contributed by atoms with Crippen LogP contribution in [0.2, 0.25) is 0 Å². The predicted octanol–water partition coefficient (Wildman–Crippen LogP) is 4.10. The SMILES string of the molecule is Cc1cc(C)c(C=C2C(=O)ON=C2c2ccc(F)cc2)c(C)c1. The normalized spacial score (nSPS) is 15.7. The van der Waals surface area contributed by atoms with Crippen LogP contribution in [0.15, 0.2) is 47.1 Å². The van der Waals surface area contributed by atoms with Crippen molar-refractivity contribution in [1.82, 2.24) is 0 Å². The summed E-state index contributed by atoms with van der Waals surface area (Å²) in [6, 6.07) is 9.96. The van der Waals surface area contributed by atoms with E-state index in [2.05, 4.69) is 17.3 Å². The highest BCUT2D eigenvalue weighted by molar-refractivity contribution is 6.31. The maximum Gasteiger partial charge on any atom is 0.368 e. The fourth-order valence-electron chi connectivity index (χ4n) is 2.79. The average molecular weight is 309 g/mol. The van der Waals surface area contributed by atoms with Crippen molar-refractivity contribution in [3.05, 3.63) is 75.6 Å². The van der Waals surface area contributed by atoms with Gasteiger partial charge < -0.3 is 4.84 Å². The Morgan fingerprint density at radius 1 is 1.04 bits per heavy atom. The molecule has 0 atom stereocenters. The summed E-state index contributed by atoms with van der Waals surface area (Å²) >= 11 is 0. The summed E-state index contributed by atoms with van der Waals surface area (Å²) in [5.41, 5.74) is 5.75. The minimum atomic E-state index is -0.497. The van der Waals surface area contributed by atoms with Crippen LogP contribution in [0.5, 0.6) is 0 Å². The van der Waals surface area contributed by atoms with Crippen LogP contribution >= 0.6 is 0 Å². The van der Waals surface area contributed by atoms with Gasteiger partial charge in [-0.25, -0.2) is 9.18 Å². The lowest BCUT2D eigenvalue weighted by Crippen LogP contribution is -2.07. The van der Waals surface area contributed by atoms with E-state index in [1.165, 1.54) is 17.7 Å². The Morgan fingerprint density at radius 2 is 1.65 bits per heavy atom. The summed E-state index contributed by atoms with van der Waals surface area (Å²) in [5, 5.41) is 3.85.